The van der Waals surface area contributed by atoms with Gasteiger partial charge >= 0.3 is 0 Å². The Labute approximate surface area is 192 Å². The third kappa shape index (κ3) is 4.47. The van der Waals surface area contributed by atoms with Crippen LogP contribution in [0, 0.1) is 11.3 Å². The number of methoxy groups -OCH3 is 1. The van der Waals surface area contributed by atoms with E-state index in [1.54, 1.807) is 36.9 Å². The van der Waals surface area contributed by atoms with Crippen molar-refractivity contribution >= 4 is 45.5 Å². The van der Waals surface area contributed by atoms with Crippen LogP contribution in [0.2, 0.25) is 5.02 Å². The van der Waals surface area contributed by atoms with E-state index in [2.05, 4.69) is 11.1 Å². The lowest BCUT2D eigenvalue weighted by Gasteiger charge is -2.53. The van der Waals surface area contributed by atoms with E-state index in [4.69, 9.17) is 43.1 Å². The highest BCUT2D eigenvalue weighted by molar-refractivity contribution is 7.99. The molecule has 164 valence electrons. The quantitative estimate of drug-likeness (QED) is 0.414. The molecule has 9 nitrogen and oxygen atoms in total. The zero-order valence-corrected chi connectivity index (χ0v) is 18.9. The predicted octanol–water partition coefficient (Wildman–Crippen LogP) is 1.98. The monoisotopic (exact) mass is 480 g/mol. The minimum absolute atomic E-state index is 0.158. The Kier molecular flexibility index (Phi) is 6.59. The molecule has 5 unspecified atom stereocenters. The van der Waals surface area contributed by atoms with E-state index in [1.807, 2.05) is 0 Å². The largest absolute Gasteiger partial charge is 0.396 e. The molecule has 2 aromatic rings. The van der Waals surface area contributed by atoms with Gasteiger partial charge in [-0.05, 0) is 18.2 Å². The Balaban J connectivity index is 1.60. The fourth-order valence-electron chi connectivity index (χ4n) is 3.55. The van der Waals surface area contributed by atoms with Gasteiger partial charge in [-0.15, -0.1) is 11.3 Å². The maximum atomic E-state index is 9.45. The van der Waals surface area contributed by atoms with Crippen molar-refractivity contribution in [2.45, 2.75) is 34.7 Å². The number of nitrogens with zero attached hydrogens (tertiary/aromatic N) is 3. The van der Waals surface area contributed by atoms with Crippen LogP contribution in [-0.4, -0.2) is 53.5 Å². The third-order valence-corrected chi connectivity index (χ3v) is 7.21. The molecule has 1 aromatic heterocycles. The predicted molar refractivity (Wildman–Crippen MR) is 120 cm³/mol. The zero-order valence-electron chi connectivity index (χ0n) is 16.5. The second kappa shape index (κ2) is 9.22. The number of thioether (sulfide) groups is 1. The maximum absolute atomic E-state index is 9.45. The van der Waals surface area contributed by atoms with E-state index < -0.39 is 11.5 Å². The van der Waals surface area contributed by atoms with Crippen LogP contribution in [0.4, 0.5) is 5.13 Å². The van der Waals surface area contributed by atoms with Crippen LogP contribution in [-0.2, 0) is 14.2 Å². The number of anilines is 1. The molecule has 0 bridgehead atoms. The lowest BCUT2D eigenvalue weighted by molar-refractivity contribution is -0.272. The number of hydrogen-bond acceptors (Lipinski definition) is 11. The molecule has 2 aliphatic rings. The smallest absolute Gasteiger partial charge is 0.180 e. The number of ether oxygens (including phenoxy) is 3. The number of fused-ring (bicyclic) bond motifs is 1. The topological polar surface area (TPSA) is 146 Å². The van der Waals surface area contributed by atoms with Gasteiger partial charge in [0.2, 0.25) is 0 Å². The number of hydrazine groups is 1. The number of hydrogen-bond donors (Lipinski definition) is 3. The van der Waals surface area contributed by atoms with Crippen LogP contribution in [0.25, 0.3) is 5.70 Å². The molecule has 0 spiro atoms. The van der Waals surface area contributed by atoms with Gasteiger partial charge in [0.15, 0.2) is 5.13 Å². The maximum Gasteiger partial charge on any atom is 0.180 e. The first-order valence-corrected chi connectivity index (χ1v) is 11.4. The molecule has 0 amide bonds. The average molecular weight is 481 g/mol. The molecule has 3 heterocycles. The highest BCUT2D eigenvalue weighted by atomic mass is 35.5. The summed E-state index contributed by atoms with van der Waals surface area (Å²) in [4.78, 5) is 4.89. The van der Waals surface area contributed by atoms with Crippen molar-refractivity contribution in [1.82, 2.24) is 9.99 Å². The van der Waals surface area contributed by atoms with E-state index in [0.717, 1.165) is 0 Å². The van der Waals surface area contributed by atoms with Gasteiger partial charge in [-0.25, -0.2) is 10.8 Å². The van der Waals surface area contributed by atoms with Crippen molar-refractivity contribution in [3.05, 3.63) is 46.1 Å². The van der Waals surface area contributed by atoms with E-state index in [-0.39, 0.29) is 18.2 Å². The number of benzene rings is 1. The minimum Gasteiger partial charge on any atom is -0.396 e. The summed E-state index contributed by atoms with van der Waals surface area (Å²) in [7, 11) is 1.58. The summed E-state index contributed by atoms with van der Waals surface area (Å²) in [5, 5.41) is 13.7. The first kappa shape index (κ1) is 22.2. The average Bonchev–Trinajstić information content (AvgIpc) is 3.16. The molecule has 2 saturated heterocycles. The van der Waals surface area contributed by atoms with Gasteiger partial charge in [0.05, 0.1) is 17.9 Å². The van der Waals surface area contributed by atoms with E-state index in [0.29, 0.717) is 38.6 Å². The third-order valence-electron chi connectivity index (χ3n) is 5.10. The minimum atomic E-state index is -0.480. The van der Waals surface area contributed by atoms with Crippen LogP contribution in [0.5, 0.6) is 0 Å². The molecule has 0 radical (unpaired) electrons. The summed E-state index contributed by atoms with van der Waals surface area (Å²) in [6.45, 7) is 0.449. The molecule has 0 saturated carbocycles. The molecule has 1 aromatic carbocycles. The van der Waals surface area contributed by atoms with Crippen LogP contribution in [0.3, 0.4) is 0 Å². The highest BCUT2D eigenvalue weighted by Crippen LogP contribution is 2.41. The number of nitrogen functional groups attached to an aromatic ring is 1. The van der Waals surface area contributed by atoms with Crippen LogP contribution >= 0.6 is 34.7 Å². The van der Waals surface area contributed by atoms with Crippen molar-refractivity contribution in [2.75, 3.05) is 19.5 Å². The lowest BCUT2D eigenvalue weighted by Crippen LogP contribution is -2.70. The Morgan fingerprint density at radius 2 is 2.32 bits per heavy atom. The molecule has 5 atom stereocenters. The Bertz CT molecular complexity index is 1030. The Morgan fingerprint density at radius 3 is 2.94 bits per heavy atom. The SMILES string of the molecule is COC1C(Sc2cc(Cl)ccc2C#N)OC2COC2C1N(N)/C=C(\N)c1csc(N)n1. The van der Waals surface area contributed by atoms with Crippen LogP contribution in [0.1, 0.15) is 11.3 Å². The molecule has 6 N–H and O–H groups in total. The standard InChI is InChI=1S/C19H21ClN6O3S2/c1-27-17-15(26(24)6-11(22)12-8-30-19(23)25-12)16-13(7-28-16)29-18(17)31-14-4-10(20)3-2-9(14)5-21/h2-4,6,8,13,15-18H,7,22,24H2,1H3,(H2,23,25)/b11-6-. The molecular weight excluding hydrogens is 460 g/mol. The summed E-state index contributed by atoms with van der Waals surface area (Å²) in [5.74, 6) is 6.40. The number of thiazole rings is 1. The van der Waals surface area contributed by atoms with Gasteiger partial charge in [0, 0.05) is 28.6 Å². The fourth-order valence-corrected chi connectivity index (χ4v) is 5.65. The van der Waals surface area contributed by atoms with Gasteiger partial charge in [-0.3, -0.25) is 0 Å². The second-order valence-electron chi connectivity index (χ2n) is 7.00. The van der Waals surface area contributed by atoms with Gasteiger partial charge in [0.25, 0.3) is 0 Å². The molecule has 4 rings (SSSR count). The summed E-state index contributed by atoms with van der Waals surface area (Å²) < 4.78 is 17.7. The Morgan fingerprint density at radius 1 is 1.52 bits per heavy atom. The van der Waals surface area contributed by atoms with Gasteiger partial charge in [-0.2, -0.15) is 5.26 Å². The van der Waals surface area contributed by atoms with E-state index >= 15 is 0 Å². The second-order valence-corrected chi connectivity index (χ2v) is 9.47. The van der Waals surface area contributed by atoms with Crippen molar-refractivity contribution < 1.29 is 14.2 Å². The van der Waals surface area contributed by atoms with Gasteiger partial charge < -0.3 is 30.7 Å². The zero-order chi connectivity index (χ0) is 22.1. The van der Waals surface area contributed by atoms with Crippen LogP contribution in [0.15, 0.2) is 34.7 Å². The summed E-state index contributed by atoms with van der Waals surface area (Å²) in [5.41, 5.74) is 12.9. The number of aromatic nitrogens is 1. The highest BCUT2D eigenvalue weighted by Gasteiger charge is 2.53. The molecule has 2 fully saturated rings. The summed E-state index contributed by atoms with van der Waals surface area (Å²) in [6, 6.07) is 6.90. The molecule has 2 aliphatic heterocycles. The van der Waals surface area contributed by atoms with Gasteiger partial charge in [0.1, 0.15) is 41.6 Å². The van der Waals surface area contributed by atoms with Crippen LogP contribution < -0.4 is 17.3 Å². The molecule has 12 heteroatoms. The molecule has 31 heavy (non-hydrogen) atoms. The number of halogens is 1. The first-order chi connectivity index (χ1) is 14.9. The van der Waals surface area contributed by atoms with Crippen molar-refractivity contribution in [1.29, 1.82) is 5.26 Å². The van der Waals surface area contributed by atoms with Crippen molar-refractivity contribution in [3.8, 4) is 6.07 Å². The number of nitrogens with two attached hydrogens (primary N) is 3. The fraction of sp³-hybridized carbons (Fsp3) is 0.368. The lowest BCUT2D eigenvalue weighted by atomic mass is 9.93. The van der Waals surface area contributed by atoms with E-state index in [9.17, 15) is 5.26 Å². The number of rotatable bonds is 6. The first-order valence-electron chi connectivity index (χ1n) is 9.29. The van der Waals surface area contributed by atoms with Crippen molar-refractivity contribution in [2.24, 2.45) is 11.6 Å². The summed E-state index contributed by atoms with van der Waals surface area (Å²) >= 11 is 8.81. The van der Waals surface area contributed by atoms with Gasteiger partial charge in [-0.1, -0.05) is 23.4 Å². The van der Waals surface area contributed by atoms with Crippen molar-refractivity contribution in [3.63, 3.8) is 0 Å². The molecular formula is C19H21ClN6O3S2. The Hall–Kier alpha value is -2.04. The number of nitriles is 1. The normalized spacial score (nSPS) is 27.8. The molecule has 0 aliphatic carbocycles. The summed E-state index contributed by atoms with van der Waals surface area (Å²) in [6.07, 6.45) is 0.670. The van der Waals surface area contributed by atoms with E-state index in [1.165, 1.54) is 28.1 Å².